The topological polar surface area (TPSA) is 24.9 Å². The molecule has 2 heterocycles. The Morgan fingerprint density at radius 3 is 2.95 bits per heavy atom. The summed E-state index contributed by atoms with van der Waals surface area (Å²) in [5.41, 5.74) is 1.99. The fourth-order valence-corrected chi connectivity index (χ4v) is 3.28. The Balaban J connectivity index is 2.14. The van der Waals surface area contributed by atoms with Gasteiger partial charge in [-0.25, -0.2) is 4.39 Å². The molecule has 0 saturated heterocycles. The number of hydrogen-bond acceptors (Lipinski definition) is 3. The van der Waals surface area contributed by atoms with E-state index in [2.05, 4.69) is 33.9 Å². The zero-order valence-electron chi connectivity index (χ0n) is 10.4. The highest BCUT2D eigenvalue weighted by atomic mass is 32.1. The molecule has 2 aromatic heterocycles. The van der Waals surface area contributed by atoms with Gasteiger partial charge < -0.3 is 5.32 Å². The maximum absolute atomic E-state index is 13.3. The van der Waals surface area contributed by atoms with E-state index in [4.69, 9.17) is 0 Å². The number of aromatic nitrogens is 1. The molecule has 0 aliphatic carbocycles. The van der Waals surface area contributed by atoms with Crippen molar-refractivity contribution in [1.82, 2.24) is 10.3 Å². The lowest BCUT2D eigenvalue weighted by atomic mass is 9.99. The van der Waals surface area contributed by atoms with Crippen LogP contribution in [0.3, 0.4) is 0 Å². The lowest BCUT2D eigenvalue weighted by Gasteiger charge is -2.17. The van der Waals surface area contributed by atoms with Crippen molar-refractivity contribution in [3.8, 4) is 0 Å². The second-order valence-corrected chi connectivity index (χ2v) is 5.26. The van der Waals surface area contributed by atoms with Crippen molar-refractivity contribution >= 4 is 21.4 Å². The van der Waals surface area contributed by atoms with Crippen molar-refractivity contribution in [1.29, 1.82) is 0 Å². The summed E-state index contributed by atoms with van der Waals surface area (Å²) in [4.78, 5) is 3.93. The summed E-state index contributed by atoms with van der Waals surface area (Å²) in [6, 6.07) is 9.77. The Morgan fingerprint density at radius 2 is 2.16 bits per heavy atom. The zero-order chi connectivity index (χ0) is 13.2. The molecule has 0 bridgehead atoms. The molecule has 1 atom stereocenters. The maximum atomic E-state index is 13.3. The average Bonchev–Trinajstić information content (AvgIpc) is 2.89. The van der Waals surface area contributed by atoms with Gasteiger partial charge in [-0.3, -0.25) is 4.98 Å². The van der Waals surface area contributed by atoms with E-state index >= 15 is 0 Å². The van der Waals surface area contributed by atoms with Crippen LogP contribution in [0.5, 0.6) is 0 Å². The van der Waals surface area contributed by atoms with Gasteiger partial charge in [-0.1, -0.05) is 18.2 Å². The minimum absolute atomic E-state index is 0.0504. The van der Waals surface area contributed by atoms with Crippen LogP contribution in [-0.4, -0.2) is 12.0 Å². The summed E-state index contributed by atoms with van der Waals surface area (Å²) in [6.07, 6.45) is 2.93. The number of hydrogen-bond donors (Lipinski definition) is 1. The van der Waals surface area contributed by atoms with Crippen LogP contribution in [0.2, 0.25) is 0 Å². The third-order valence-corrected chi connectivity index (χ3v) is 4.15. The second-order valence-electron chi connectivity index (χ2n) is 4.34. The zero-order valence-corrected chi connectivity index (χ0v) is 11.2. The highest BCUT2D eigenvalue weighted by Crippen LogP contribution is 2.32. The molecule has 1 N–H and O–H groups in total. The first-order valence-corrected chi connectivity index (χ1v) is 6.91. The van der Waals surface area contributed by atoms with Crippen LogP contribution < -0.4 is 5.32 Å². The number of benzene rings is 1. The first kappa shape index (κ1) is 12.3. The van der Waals surface area contributed by atoms with Crippen LogP contribution in [0.25, 0.3) is 10.1 Å². The molecule has 0 fully saturated rings. The highest BCUT2D eigenvalue weighted by molar-refractivity contribution is 7.17. The molecular formula is C15H13FN2S. The van der Waals surface area contributed by atoms with E-state index in [1.54, 1.807) is 17.5 Å². The molecule has 3 rings (SSSR count). The van der Waals surface area contributed by atoms with Crippen molar-refractivity contribution in [3.63, 3.8) is 0 Å². The molecule has 2 nitrogen and oxygen atoms in total. The average molecular weight is 272 g/mol. The smallest absolute Gasteiger partial charge is 0.141 e. The second kappa shape index (κ2) is 5.07. The number of thiophene rings is 1. The lowest BCUT2D eigenvalue weighted by molar-refractivity contribution is 0.609. The molecule has 1 unspecified atom stereocenters. The maximum Gasteiger partial charge on any atom is 0.141 e. The summed E-state index contributed by atoms with van der Waals surface area (Å²) in [5.74, 6) is -0.309. The first-order chi connectivity index (χ1) is 9.29. The molecule has 0 aliphatic rings. The molecule has 96 valence electrons. The van der Waals surface area contributed by atoms with Crippen LogP contribution in [-0.2, 0) is 0 Å². The number of halogens is 1. The van der Waals surface area contributed by atoms with Gasteiger partial charge >= 0.3 is 0 Å². The molecule has 1 aromatic carbocycles. The lowest BCUT2D eigenvalue weighted by Crippen LogP contribution is -2.18. The van der Waals surface area contributed by atoms with Crippen molar-refractivity contribution in [3.05, 3.63) is 65.0 Å². The summed E-state index contributed by atoms with van der Waals surface area (Å²) in [6.45, 7) is 0. The SMILES string of the molecule is CNC(c1cncc(F)c1)c1cccc2ccsc12. The van der Waals surface area contributed by atoms with Gasteiger partial charge in [-0.05, 0) is 41.1 Å². The summed E-state index contributed by atoms with van der Waals surface area (Å²) in [7, 11) is 1.88. The minimum atomic E-state index is -0.309. The molecule has 4 heteroatoms. The monoisotopic (exact) mass is 272 g/mol. The van der Waals surface area contributed by atoms with Crippen molar-refractivity contribution in [2.45, 2.75) is 6.04 Å². The van der Waals surface area contributed by atoms with Crippen LogP contribution in [0.4, 0.5) is 4.39 Å². The molecule has 0 spiro atoms. The predicted octanol–water partition coefficient (Wildman–Crippen LogP) is 3.74. The van der Waals surface area contributed by atoms with E-state index < -0.39 is 0 Å². The largest absolute Gasteiger partial charge is 0.309 e. The van der Waals surface area contributed by atoms with Gasteiger partial charge in [0.15, 0.2) is 0 Å². The van der Waals surface area contributed by atoms with E-state index in [1.807, 2.05) is 13.1 Å². The fraction of sp³-hybridized carbons (Fsp3) is 0.133. The molecule has 0 saturated carbocycles. The van der Waals surface area contributed by atoms with Gasteiger partial charge in [0.05, 0.1) is 12.2 Å². The number of fused-ring (bicyclic) bond motifs is 1. The molecule has 3 aromatic rings. The summed E-state index contributed by atoms with van der Waals surface area (Å²) >= 11 is 1.70. The number of nitrogens with zero attached hydrogens (tertiary/aromatic N) is 1. The van der Waals surface area contributed by atoms with Crippen LogP contribution >= 0.6 is 11.3 Å². The molecule has 19 heavy (non-hydrogen) atoms. The quantitative estimate of drug-likeness (QED) is 0.785. The predicted molar refractivity (Wildman–Crippen MR) is 76.9 cm³/mol. The fourth-order valence-electron chi connectivity index (χ4n) is 2.33. The van der Waals surface area contributed by atoms with E-state index in [-0.39, 0.29) is 11.9 Å². The summed E-state index contributed by atoms with van der Waals surface area (Å²) < 4.78 is 14.6. The van der Waals surface area contributed by atoms with Gasteiger partial charge in [-0.2, -0.15) is 0 Å². The van der Waals surface area contributed by atoms with Gasteiger partial charge in [-0.15, -0.1) is 11.3 Å². The van der Waals surface area contributed by atoms with Gasteiger partial charge in [0.25, 0.3) is 0 Å². The standard InChI is InChI=1S/C15H13FN2S/c1-17-14(11-7-12(16)9-18-8-11)13-4-2-3-10-5-6-19-15(10)13/h2-9,14,17H,1H3. The van der Waals surface area contributed by atoms with Crippen LogP contribution in [0.15, 0.2) is 48.1 Å². The molecular weight excluding hydrogens is 259 g/mol. The van der Waals surface area contributed by atoms with Gasteiger partial charge in [0, 0.05) is 10.9 Å². The Kier molecular flexibility index (Phi) is 3.27. The number of pyridine rings is 1. The van der Waals surface area contributed by atoms with E-state index in [0.717, 1.165) is 11.1 Å². The van der Waals surface area contributed by atoms with E-state index in [1.165, 1.54) is 22.3 Å². The summed E-state index contributed by atoms with van der Waals surface area (Å²) in [5, 5.41) is 6.53. The Labute approximate surface area is 114 Å². The molecule has 0 amide bonds. The van der Waals surface area contributed by atoms with Crippen molar-refractivity contribution in [2.75, 3.05) is 7.05 Å². The third-order valence-electron chi connectivity index (χ3n) is 3.17. The van der Waals surface area contributed by atoms with Crippen molar-refractivity contribution in [2.24, 2.45) is 0 Å². The van der Waals surface area contributed by atoms with Gasteiger partial charge in [0.2, 0.25) is 0 Å². The first-order valence-electron chi connectivity index (χ1n) is 6.03. The number of rotatable bonds is 3. The van der Waals surface area contributed by atoms with Crippen LogP contribution in [0, 0.1) is 5.82 Å². The Bertz CT molecular complexity index is 708. The highest BCUT2D eigenvalue weighted by Gasteiger charge is 2.16. The molecule has 0 aliphatic heterocycles. The Hall–Kier alpha value is -1.78. The van der Waals surface area contributed by atoms with Crippen molar-refractivity contribution < 1.29 is 4.39 Å². The molecule has 0 radical (unpaired) electrons. The minimum Gasteiger partial charge on any atom is -0.309 e. The Morgan fingerprint density at radius 1 is 1.26 bits per heavy atom. The van der Waals surface area contributed by atoms with Crippen LogP contribution in [0.1, 0.15) is 17.2 Å². The van der Waals surface area contributed by atoms with Gasteiger partial charge in [0.1, 0.15) is 5.82 Å². The van der Waals surface area contributed by atoms with E-state index in [0.29, 0.717) is 0 Å². The normalized spacial score (nSPS) is 12.7. The van der Waals surface area contributed by atoms with E-state index in [9.17, 15) is 4.39 Å². The number of nitrogens with one attached hydrogen (secondary N) is 1. The third kappa shape index (κ3) is 2.25.